The van der Waals surface area contributed by atoms with Gasteiger partial charge in [-0.2, -0.15) is 22.6 Å². The van der Waals surface area contributed by atoms with Gasteiger partial charge in [0.25, 0.3) is 0 Å². The molecule has 1 saturated heterocycles. The van der Waals surface area contributed by atoms with Crippen LogP contribution in [0, 0.1) is 6.92 Å². The molecule has 156 valence electrons. The molecular weight excluding hydrogens is 414 g/mol. The molecule has 2 aliphatic rings. The predicted molar refractivity (Wildman–Crippen MR) is 95.9 cm³/mol. The molecule has 0 N–H and O–H groups in total. The number of fused-ring (bicyclic) bond motifs is 1. The van der Waals surface area contributed by atoms with E-state index >= 15 is 0 Å². The minimum absolute atomic E-state index is 0.0963. The maximum Gasteiger partial charge on any atom is 0.507 e. The Hall–Kier alpha value is -2.56. The molecule has 0 unspecified atom stereocenters. The van der Waals surface area contributed by atoms with Crippen LogP contribution in [0.2, 0.25) is 0 Å². The first kappa shape index (κ1) is 19.7. The van der Waals surface area contributed by atoms with Crippen LogP contribution in [0.15, 0.2) is 29.4 Å². The lowest BCUT2D eigenvalue weighted by atomic mass is 10.2. The number of rotatable bonds is 1. The zero-order chi connectivity index (χ0) is 21.0. The smallest absolute Gasteiger partial charge is 0.421 e. The van der Waals surface area contributed by atoms with Gasteiger partial charge in [0.1, 0.15) is 0 Å². The van der Waals surface area contributed by atoms with Gasteiger partial charge < -0.3 is 14.4 Å². The maximum atomic E-state index is 13.5. The molecule has 0 radical (unpaired) electrons. The van der Waals surface area contributed by atoms with Gasteiger partial charge in [-0.15, -0.1) is 11.3 Å². The van der Waals surface area contributed by atoms with E-state index in [0.29, 0.717) is 17.0 Å². The number of alkyl halides is 4. The van der Waals surface area contributed by atoms with Crippen LogP contribution in [0.1, 0.15) is 24.6 Å². The van der Waals surface area contributed by atoms with E-state index in [0.717, 1.165) is 29.9 Å². The molecule has 6 nitrogen and oxygen atoms in total. The minimum atomic E-state index is -4.80. The molecule has 11 heteroatoms. The van der Waals surface area contributed by atoms with Crippen LogP contribution < -0.4 is 14.3 Å². The van der Waals surface area contributed by atoms with Gasteiger partial charge in [0.2, 0.25) is 0 Å². The van der Waals surface area contributed by atoms with Crippen molar-refractivity contribution in [3.63, 3.8) is 0 Å². The van der Waals surface area contributed by atoms with Gasteiger partial charge in [0, 0.05) is 29.7 Å². The summed E-state index contributed by atoms with van der Waals surface area (Å²) in [6.45, 7) is 4.38. The molecular formula is C18H17F4N3O3S. The molecule has 2 aliphatic heterocycles. The molecule has 2 aromatic rings. The number of hydrogen-bond acceptors (Lipinski definition) is 4. The maximum absolute atomic E-state index is 13.5. The number of benzene rings is 1. The Morgan fingerprint density at radius 3 is 2.55 bits per heavy atom. The number of aromatic nitrogens is 1. The van der Waals surface area contributed by atoms with Crippen molar-refractivity contribution in [1.82, 2.24) is 9.47 Å². The van der Waals surface area contributed by atoms with Crippen molar-refractivity contribution in [2.75, 3.05) is 6.54 Å². The third-order valence-corrected chi connectivity index (χ3v) is 5.68. The van der Waals surface area contributed by atoms with E-state index < -0.39 is 23.7 Å². The SMILES string of the molecule is Cc1cn(-c2ccc3c(c2)OC(F)(F)C(F)(F)O3)/c(=N/C(=O)N2CCC[C@@H]2C)s1. The number of halogens is 4. The zero-order valence-corrected chi connectivity index (χ0v) is 16.3. The Morgan fingerprint density at radius 1 is 1.21 bits per heavy atom. The average molecular weight is 431 g/mol. The second-order valence-corrected chi connectivity index (χ2v) is 8.16. The van der Waals surface area contributed by atoms with Crippen molar-refractivity contribution < 1.29 is 31.8 Å². The van der Waals surface area contributed by atoms with Gasteiger partial charge in [0.05, 0.1) is 5.69 Å². The highest BCUT2D eigenvalue weighted by Crippen LogP contribution is 2.47. The second kappa shape index (κ2) is 6.75. The van der Waals surface area contributed by atoms with E-state index in [9.17, 15) is 22.4 Å². The summed E-state index contributed by atoms with van der Waals surface area (Å²) in [5.41, 5.74) is 0.318. The number of thiazole rings is 1. The summed E-state index contributed by atoms with van der Waals surface area (Å²) in [4.78, 5) is 19.5. The Balaban J connectivity index is 1.72. The Morgan fingerprint density at radius 2 is 1.90 bits per heavy atom. The van der Waals surface area contributed by atoms with Gasteiger partial charge in [-0.3, -0.25) is 4.57 Å². The fourth-order valence-corrected chi connectivity index (χ4v) is 4.11. The normalized spacial score (nSPS) is 22.8. The highest BCUT2D eigenvalue weighted by molar-refractivity contribution is 7.09. The van der Waals surface area contributed by atoms with E-state index in [1.165, 1.54) is 22.0 Å². The number of nitrogens with zero attached hydrogens (tertiary/aromatic N) is 3. The van der Waals surface area contributed by atoms with Crippen LogP contribution in [0.5, 0.6) is 11.5 Å². The third kappa shape index (κ3) is 3.47. The van der Waals surface area contributed by atoms with Gasteiger partial charge in [-0.1, -0.05) is 0 Å². The van der Waals surface area contributed by atoms with Crippen molar-refractivity contribution in [1.29, 1.82) is 0 Å². The average Bonchev–Trinajstić information content (AvgIpc) is 3.20. The van der Waals surface area contributed by atoms with Gasteiger partial charge in [-0.25, -0.2) is 4.79 Å². The Bertz CT molecular complexity index is 1030. The molecule has 0 spiro atoms. The van der Waals surface area contributed by atoms with Gasteiger partial charge >= 0.3 is 18.2 Å². The van der Waals surface area contributed by atoms with Crippen LogP contribution in [-0.2, 0) is 0 Å². The Kier molecular flexibility index (Phi) is 4.60. The molecule has 1 atom stereocenters. The predicted octanol–water partition coefficient (Wildman–Crippen LogP) is 4.31. The van der Waals surface area contributed by atoms with E-state index in [1.807, 2.05) is 6.92 Å². The van der Waals surface area contributed by atoms with E-state index in [-0.39, 0.29) is 12.1 Å². The molecule has 29 heavy (non-hydrogen) atoms. The highest BCUT2D eigenvalue weighted by atomic mass is 32.1. The molecule has 0 aliphatic carbocycles. The van der Waals surface area contributed by atoms with Crippen LogP contribution in [0.4, 0.5) is 22.4 Å². The fraction of sp³-hybridized carbons (Fsp3) is 0.444. The summed E-state index contributed by atoms with van der Waals surface area (Å²) in [6, 6.07) is 3.37. The van der Waals surface area contributed by atoms with Crippen LogP contribution in [-0.4, -0.2) is 40.3 Å². The summed E-state index contributed by atoms with van der Waals surface area (Å²) < 4.78 is 63.4. The number of likely N-dealkylation sites (tertiary alicyclic amines) is 1. The molecule has 4 rings (SSSR count). The first-order chi connectivity index (χ1) is 13.6. The summed E-state index contributed by atoms with van der Waals surface area (Å²) in [5.74, 6) is -1.03. The lowest BCUT2D eigenvalue weighted by molar-refractivity contribution is -0.391. The molecule has 0 saturated carbocycles. The number of aryl methyl sites for hydroxylation is 1. The first-order valence-corrected chi connectivity index (χ1v) is 9.71. The fourth-order valence-electron chi connectivity index (χ4n) is 3.29. The quantitative estimate of drug-likeness (QED) is 0.633. The third-order valence-electron chi connectivity index (χ3n) is 4.78. The van der Waals surface area contributed by atoms with Gasteiger partial charge in [0.15, 0.2) is 16.3 Å². The number of hydrogen-bond donors (Lipinski definition) is 0. The zero-order valence-electron chi connectivity index (χ0n) is 15.5. The summed E-state index contributed by atoms with van der Waals surface area (Å²) >= 11 is 1.24. The molecule has 1 aromatic heterocycles. The van der Waals surface area contributed by atoms with E-state index in [4.69, 9.17) is 0 Å². The van der Waals surface area contributed by atoms with Crippen molar-refractivity contribution in [3.8, 4) is 17.2 Å². The second-order valence-electron chi connectivity index (χ2n) is 6.94. The standard InChI is InChI=1S/C18H17F4N3O3S/c1-10-4-3-7-24(10)15(26)23-16-25(9-11(2)29-16)12-5-6-13-14(8-12)28-18(21,22)17(19,20)27-13/h5-6,8-10H,3-4,7H2,1-2H3/b23-16-/t10-/m0/s1. The molecule has 1 fully saturated rings. The summed E-state index contributed by atoms with van der Waals surface area (Å²) in [5, 5.41) is 0. The number of carbonyl (C=O) groups excluding carboxylic acids is 1. The van der Waals surface area contributed by atoms with Crippen LogP contribution in [0.3, 0.4) is 0 Å². The number of ether oxygens (including phenoxy) is 2. The first-order valence-electron chi connectivity index (χ1n) is 8.90. The molecule has 2 amide bonds. The number of carbonyl (C=O) groups is 1. The number of urea groups is 1. The summed E-state index contributed by atoms with van der Waals surface area (Å²) in [7, 11) is 0. The van der Waals surface area contributed by atoms with E-state index in [2.05, 4.69) is 14.5 Å². The lowest BCUT2D eigenvalue weighted by Gasteiger charge is -2.31. The highest BCUT2D eigenvalue weighted by Gasteiger charge is 2.65. The van der Waals surface area contributed by atoms with Crippen molar-refractivity contribution in [2.24, 2.45) is 4.99 Å². The largest absolute Gasteiger partial charge is 0.507 e. The van der Waals surface area contributed by atoms with E-state index in [1.54, 1.807) is 18.0 Å². The van der Waals surface area contributed by atoms with Crippen molar-refractivity contribution in [2.45, 2.75) is 44.9 Å². The lowest BCUT2D eigenvalue weighted by Crippen LogP contribution is -2.52. The molecule has 0 bridgehead atoms. The molecule has 1 aromatic carbocycles. The minimum Gasteiger partial charge on any atom is -0.421 e. The topological polar surface area (TPSA) is 56.1 Å². The monoisotopic (exact) mass is 431 g/mol. The van der Waals surface area contributed by atoms with Crippen molar-refractivity contribution >= 4 is 17.4 Å². The van der Waals surface area contributed by atoms with Gasteiger partial charge in [-0.05, 0) is 38.8 Å². The van der Waals surface area contributed by atoms with Crippen LogP contribution >= 0.6 is 11.3 Å². The number of amides is 2. The molecule has 3 heterocycles. The summed E-state index contributed by atoms with van der Waals surface area (Å²) in [6.07, 6.45) is -6.09. The van der Waals surface area contributed by atoms with Crippen LogP contribution in [0.25, 0.3) is 5.69 Å². The van der Waals surface area contributed by atoms with Crippen molar-refractivity contribution in [3.05, 3.63) is 34.1 Å². The Labute approximate surface area is 167 Å².